The molecule has 0 aromatic heterocycles. The molecule has 0 spiro atoms. The Labute approximate surface area is 80.7 Å². The van der Waals surface area contributed by atoms with Crippen LogP contribution in [0.1, 0.15) is 13.8 Å². The van der Waals surface area contributed by atoms with Crippen LogP contribution in [0.4, 0.5) is 0 Å². The molecular formula is C9H11NO4. The minimum atomic E-state index is -1.17. The van der Waals surface area contributed by atoms with Gasteiger partial charge in [0, 0.05) is 6.92 Å². The summed E-state index contributed by atoms with van der Waals surface area (Å²) in [6, 6.07) is 0. The van der Waals surface area contributed by atoms with E-state index in [4.69, 9.17) is 4.74 Å². The molecule has 76 valence electrons. The van der Waals surface area contributed by atoms with Gasteiger partial charge in [-0.3, -0.25) is 9.59 Å². The van der Waals surface area contributed by atoms with E-state index in [1.165, 1.54) is 13.0 Å². The van der Waals surface area contributed by atoms with Gasteiger partial charge in [0.25, 0.3) is 0 Å². The SMILES string of the molecule is CC(=O)NC1=C[C@](C)(O)[C@@H]2O[C@@H]2C1=O. The number of Topliss-reactive ketones (excluding diaryl/α,β-unsaturated/α-hetero) is 1. The minimum Gasteiger partial charge on any atom is -0.383 e. The van der Waals surface area contributed by atoms with Gasteiger partial charge in [-0.15, -0.1) is 0 Å². The third kappa shape index (κ3) is 1.34. The Morgan fingerprint density at radius 3 is 2.93 bits per heavy atom. The Hall–Kier alpha value is -1.20. The third-order valence-corrected chi connectivity index (χ3v) is 2.34. The predicted octanol–water partition coefficient (Wildman–Crippen LogP) is -0.893. The molecule has 1 aliphatic carbocycles. The lowest BCUT2D eigenvalue weighted by molar-refractivity contribution is -0.122. The average molecular weight is 197 g/mol. The summed E-state index contributed by atoms with van der Waals surface area (Å²) < 4.78 is 5.01. The highest BCUT2D eigenvalue weighted by atomic mass is 16.6. The van der Waals surface area contributed by atoms with Crippen LogP contribution in [-0.2, 0) is 14.3 Å². The molecule has 0 aromatic carbocycles. The molecule has 1 amide bonds. The van der Waals surface area contributed by atoms with Gasteiger partial charge in [-0.1, -0.05) is 0 Å². The maximum atomic E-state index is 11.5. The molecule has 0 unspecified atom stereocenters. The molecule has 1 fully saturated rings. The molecule has 5 heteroatoms. The second-order valence-electron chi connectivity index (χ2n) is 3.81. The second-order valence-corrected chi connectivity index (χ2v) is 3.81. The third-order valence-electron chi connectivity index (χ3n) is 2.34. The molecule has 2 N–H and O–H groups in total. The molecular weight excluding hydrogens is 186 g/mol. The normalized spacial score (nSPS) is 39.9. The molecule has 2 aliphatic rings. The Bertz CT molecular complexity index is 345. The molecule has 0 radical (unpaired) electrons. The van der Waals surface area contributed by atoms with E-state index in [0.717, 1.165) is 0 Å². The molecule has 1 heterocycles. The predicted molar refractivity (Wildman–Crippen MR) is 46.2 cm³/mol. The number of carbonyl (C=O) groups is 2. The summed E-state index contributed by atoms with van der Waals surface area (Å²) in [5, 5.41) is 12.2. The van der Waals surface area contributed by atoms with Crippen LogP contribution in [-0.4, -0.2) is 34.6 Å². The van der Waals surface area contributed by atoms with Crippen LogP contribution in [0.15, 0.2) is 11.8 Å². The fourth-order valence-corrected chi connectivity index (χ4v) is 1.64. The van der Waals surface area contributed by atoms with Crippen LogP contribution < -0.4 is 5.32 Å². The summed E-state index contributed by atoms with van der Waals surface area (Å²) in [6.07, 6.45) is 0.301. The van der Waals surface area contributed by atoms with Crippen molar-refractivity contribution in [2.45, 2.75) is 31.7 Å². The van der Waals surface area contributed by atoms with Crippen molar-refractivity contribution in [2.75, 3.05) is 0 Å². The molecule has 0 saturated carbocycles. The van der Waals surface area contributed by atoms with Crippen molar-refractivity contribution in [1.82, 2.24) is 5.32 Å². The number of ketones is 1. The number of ether oxygens (including phenoxy) is 1. The van der Waals surface area contributed by atoms with Crippen molar-refractivity contribution in [3.8, 4) is 0 Å². The van der Waals surface area contributed by atoms with E-state index in [2.05, 4.69) is 5.32 Å². The number of rotatable bonds is 1. The van der Waals surface area contributed by atoms with Gasteiger partial charge in [0.15, 0.2) is 6.10 Å². The highest BCUT2D eigenvalue weighted by Crippen LogP contribution is 2.39. The monoisotopic (exact) mass is 197 g/mol. The number of amides is 1. The molecule has 1 saturated heterocycles. The fourth-order valence-electron chi connectivity index (χ4n) is 1.64. The molecule has 0 aromatic rings. The number of fused-ring (bicyclic) bond motifs is 1. The lowest BCUT2D eigenvalue weighted by Crippen LogP contribution is -2.41. The first kappa shape index (κ1) is 9.36. The van der Waals surface area contributed by atoms with Crippen LogP contribution in [0.25, 0.3) is 0 Å². The summed E-state index contributed by atoms with van der Waals surface area (Å²) in [5.41, 5.74) is -1.04. The lowest BCUT2D eigenvalue weighted by atomic mass is 9.90. The maximum absolute atomic E-state index is 11.5. The standard InChI is InChI=1S/C9H11NO4/c1-4(11)10-5-3-9(2,13)8-7(14-8)6(5)12/h3,7-8,13H,1-2H3,(H,10,11)/t7-,8-,9+/m1/s1. The average Bonchev–Trinajstić information content (AvgIpc) is 2.77. The Morgan fingerprint density at radius 1 is 1.71 bits per heavy atom. The smallest absolute Gasteiger partial charge is 0.221 e. The van der Waals surface area contributed by atoms with E-state index in [-0.39, 0.29) is 17.4 Å². The van der Waals surface area contributed by atoms with Gasteiger partial charge in [-0.2, -0.15) is 0 Å². The van der Waals surface area contributed by atoms with E-state index >= 15 is 0 Å². The largest absolute Gasteiger partial charge is 0.383 e. The summed E-state index contributed by atoms with van der Waals surface area (Å²) >= 11 is 0. The van der Waals surface area contributed by atoms with Crippen LogP contribution in [0.2, 0.25) is 0 Å². The summed E-state index contributed by atoms with van der Waals surface area (Å²) in [5.74, 6) is -0.601. The van der Waals surface area contributed by atoms with Crippen molar-refractivity contribution in [3.05, 3.63) is 11.8 Å². The van der Waals surface area contributed by atoms with Gasteiger partial charge in [0.2, 0.25) is 11.7 Å². The van der Waals surface area contributed by atoms with Crippen molar-refractivity contribution in [1.29, 1.82) is 0 Å². The molecule has 0 bridgehead atoms. The minimum absolute atomic E-state index is 0.126. The summed E-state index contributed by atoms with van der Waals surface area (Å²) in [7, 11) is 0. The van der Waals surface area contributed by atoms with Crippen LogP contribution in [0.5, 0.6) is 0 Å². The molecule has 3 atom stereocenters. The number of nitrogens with one attached hydrogen (secondary N) is 1. The zero-order valence-electron chi connectivity index (χ0n) is 7.90. The number of epoxide rings is 1. The first-order chi connectivity index (χ1) is 6.42. The van der Waals surface area contributed by atoms with E-state index in [1.54, 1.807) is 6.92 Å². The highest BCUT2D eigenvalue weighted by Gasteiger charge is 2.58. The topological polar surface area (TPSA) is 78.9 Å². The van der Waals surface area contributed by atoms with E-state index < -0.39 is 17.8 Å². The van der Waals surface area contributed by atoms with Gasteiger partial charge < -0.3 is 15.2 Å². The lowest BCUT2D eigenvalue weighted by Gasteiger charge is -2.21. The number of aliphatic hydroxyl groups is 1. The molecule has 14 heavy (non-hydrogen) atoms. The molecule has 2 rings (SSSR count). The Balaban J connectivity index is 2.26. The van der Waals surface area contributed by atoms with Crippen molar-refractivity contribution in [2.24, 2.45) is 0 Å². The number of hydrogen-bond acceptors (Lipinski definition) is 4. The second kappa shape index (κ2) is 2.65. The molecule has 5 nitrogen and oxygen atoms in total. The van der Waals surface area contributed by atoms with E-state index in [0.29, 0.717) is 0 Å². The van der Waals surface area contributed by atoms with Crippen LogP contribution in [0.3, 0.4) is 0 Å². The first-order valence-electron chi connectivity index (χ1n) is 4.34. The van der Waals surface area contributed by atoms with Gasteiger partial charge in [-0.05, 0) is 13.0 Å². The quantitative estimate of drug-likeness (QED) is 0.534. The van der Waals surface area contributed by atoms with Gasteiger partial charge in [0.05, 0.1) is 5.70 Å². The van der Waals surface area contributed by atoms with E-state index in [1.807, 2.05) is 0 Å². The first-order valence-corrected chi connectivity index (χ1v) is 4.34. The van der Waals surface area contributed by atoms with Crippen molar-refractivity contribution < 1.29 is 19.4 Å². The van der Waals surface area contributed by atoms with Crippen molar-refractivity contribution >= 4 is 11.7 Å². The van der Waals surface area contributed by atoms with Crippen LogP contribution >= 0.6 is 0 Å². The van der Waals surface area contributed by atoms with Gasteiger partial charge in [0.1, 0.15) is 11.7 Å². The Kier molecular flexibility index (Phi) is 1.77. The number of hydrogen-bond donors (Lipinski definition) is 2. The van der Waals surface area contributed by atoms with Gasteiger partial charge in [-0.25, -0.2) is 0 Å². The summed E-state index contributed by atoms with van der Waals surface area (Å²) in [6.45, 7) is 2.86. The van der Waals surface area contributed by atoms with Crippen molar-refractivity contribution in [3.63, 3.8) is 0 Å². The van der Waals surface area contributed by atoms with E-state index in [9.17, 15) is 14.7 Å². The highest BCUT2D eigenvalue weighted by molar-refractivity contribution is 6.04. The maximum Gasteiger partial charge on any atom is 0.221 e. The number of carbonyl (C=O) groups excluding carboxylic acids is 2. The molecule has 1 aliphatic heterocycles. The van der Waals surface area contributed by atoms with Gasteiger partial charge >= 0.3 is 0 Å². The van der Waals surface area contributed by atoms with Crippen LogP contribution in [0, 0.1) is 0 Å². The fraction of sp³-hybridized carbons (Fsp3) is 0.556. The Morgan fingerprint density at radius 2 is 2.36 bits per heavy atom. The summed E-state index contributed by atoms with van der Waals surface area (Å²) in [4.78, 5) is 22.2. The zero-order valence-corrected chi connectivity index (χ0v) is 7.90. The zero-order chi connectivity index (χ0) is 10.5.